The molecule has 0 radical (unpaired) electrons. The van der Waals surface area contributed by atoms with Crippen LogP contribution in [0.2, 0.25) is 5.02 Å². The maximum Gasteiger partial charge on any atom is 0.337 e. The molecule has 0 saturated carbocycles. The number of imide groups is 1. The summed E-state index contributed by atoms with van der Waals surface area (Å²) in [7, 11) is 1.23. The van der Waals surface area contributed by atoms with Gasteiger partial charge < -0.3 is 14.1 Å². The lowest BCUT2D eigenvalue weighted by Crippen LogP contribution is -2.45. The summed E-state index contributed by atoms with van der Waals surface area (Å²) in [6.07, 6.45) is 1.07. The number of hydrogen-bond acceptors (Lipinski definition) is 8. The van der Waals surface area contributed by atoms with Crippen LogP contribution in [0.3, 0.4) is 0 Å². The lowest BCUT2D eigenvalue weighted by Gasteiger charge is -2.27. The largest absolute Gasteiger partial charge is 0.467 e. The van der Waals surface area contributed by atoms with Crippen molar-refractivity contribution in [3.8, 4) is 0 Å². The van der Waals surface area contributed by atoms with Crippen molar-refractivity contribution in [3.63, 3.8) is 0 Å². The number of anilines is 1. The number of benzene rings is 2. The second-order valence-electron chi connectivity index (χ2n) is 7.76. The Bertz CT molecular complexity index is 1350. The van der Waals surface area contributed by atoms with Gasteiger partial charge in [-0.3, -0.25) is 24.5 Å². The average molecular weight is 512 g/mol. The van der Waals surface area contributed by atoms with E-state index in [2.05, 4.69) is 4.74 Å². The van der Waals surface area contributed by atoms with Gasteiger partial charge >= 0.3 is 5.97 Å². The van der Waals surface area contributed by atoms with Gasteiger partial charge in [-0.2, -0.15) is 0 Å². The number of halogens is 1. The number of nitro benzene ring substituents is 1. The Labute approximate surface area is 208 Å². The van der Waals surface area contributed by atoms with Crippen molar-refractivity contribution in [3.05, 3.63) is 92.9 Å². The van der Waals surface area contributed by atoms with E-state index in [0.29, 0.717) is 5.76 Å². The van der Waals surface area contributed by atoms with E-state index < -0.39 is 40.3 Å². The number of nitro groups is 1. The Balaban J connectivity index is 1.67. The summed E-state index contributed by atoms with van der Waals surface area (Å²) < 4.78 is 9.98. The van der Waals surface area contributed by atoms with Gasteiger partial charge in [-0.15, -0.1) is 0 Å². The average Bonchev–Trinajstić information content (AvgIpc) is 3.49. The van der Waals surface area contributed by atoms with Crippen molar-refractivity contribution < 1.29 is 33.3 Å². The third kappa shape index (κ3) is 4.68. The van der Waals surface area contributed by atoms with Gasteiger partial charge in [0.25, 0.3) is 17.5 Å². The minimum Gasteiger partial charge on any atom is -0.467 e. The zero-order valence-electron chi connectivity index (χ0n) is 18.8. The second kappa shape index (κ2) is 10.0. The normalized spacial score (nSPS) is 15.2. The molecule has 36 heavy (non-hydrogen) atoms. The highest BCUT2D eigenvalue weighted by Crippen LogP contribution is 2.30. The fraction of sp³-hybridized carbons (Fsp3) is 0.167. The predicted molar refractivity (Wildman–Crippen MR) is 125 cm³/mol. The Morgan fingerprint density at radius 3 is 2.47 bits per heavy atom. The van der Waals surface area contributed by atoms with E-state index in [0.717, 1.165) is 15.9 Å². The SMILES string of the molecule is COC(=O)c1ccc(N2C(=O)CC(N(Cc3ccco3)C(=O)c3ccc(Cl)c([N+](=O)[O-])c3)C2=O)cc1. The van der Waals surface area contributed by atoms with Crippen LogP contribution in [0.25, 0.3) is 0 Å². The van der Waals surface area contributed by atoms with E-state index in [9.17, 15) is 29.3 Å². The number of rotatable bonds is 7. The van der Waals surface area contributed by atoms with E-state index in [4.69, 9.17) is 16.0 Å². The molecule has 1 saturated heterocycles. The molecule has 2 aromatic carbocycles. The summed E-state index contributed by atoms with van der Waals surface area (Å²) in [5, 5.41) is 11.2. The van der Waals surface area contributed by atoms with Crippen LogP contribution in [0.1, 0.15) is 32.9 Å². The molecule has 1 atom stereocenters. The number of esters is 1. The van der Waals surface area contributed by atoms with Crippen LogP contribution in [-0.2, 0) is 20.9 Å². The molecular weight excluding hydrogens is 494 g/mol. The molecule has 2 heterocycles. The molecule has 0 bridgehead atoms. The minimum atomic E-state index is -1.20. The predicted octanol–water partition coefficient (Wildman–Crippen LogP) is 3.60. The Morgan fingerprint density at radius 2 is 1.86 bits per heavy atom. The highest BCUT2D eigenvalue weighted by Gasteiger charge is 2.45. The van der Waals surface area contributed by atoms with Gasteiger partial charge in [0.15, 0.2) is 0 Å². The smallest absolute Gasteiger partial charge is 0.337 e. The van der Waals surface area contributed by atoms with Crippen LogP contribution < -0.4 is 4.90 Å². The lowest BCUT2D eigenvalue weighted by molar-refractivity contribution is -0.384. The van der Waals surface area contributed by atoms with Crippen molar-refractivity contribution in [2.45, 2.75) is 19.0 Å². The maximum absolute atomic E-state index is 13.5. The highest BCUT2D eigenvalue weighted by atomic mass is 35.5. The summed E-state index contributed by atoms with van der Waals surface area (Å²) in [5.41, 5.74) is -0.107. The molecule has 4 rings (SSSR count). The van der Waals surface area contributed by atoms with Crippen LogP contribution in [0.5, 0.6) is 0 Å². The second-order valence-corrected chi connectivity index (χ2v) is 8.17. The number of methoxy groups -OCH3 is 1. The van der Waals surface area contributed by atoms with Crippen LogP contribution in [0.15, 0.2) is 65.3 Å². The van der Waals surface area contributed by atoms with Crippen LogP contribution in [0.4, 0.5) is 11.4 Å². The lowest BCUT2D eigenvalue weighted by atomic mass is 10.1. The number of carbonyl (C=O) groups is 4. The Hall–Kier alpha value is -4.51. The number of furan rings is 1. The molecule has 1 fully saturated rings. The van der Waals surface area contributed by atoms with E-state index in [-0.39, 0.29) is 34.8 Å². The molecule has 3 amide bonds. The first-order chi connectivity index (χ1) is 17.2. The van der Waals surface area contributed by atoms with Crippen LogP contribution in [0, 0.1) is 10.1 Å². The molecule has 12 heteroatoms. The molecule has 1 aromatic heterocycles. The molecule has 184 valence electrons. The van der Waals surface area contributed by atoms with E-state index in [1.807, 2.05) is 0 Å². The number of nitrogens with zero attached hydrogens (tertiary/aromatic N) is 3. The zero-order chi connectivity index (χ0) is 26.0. The van der Waals surface area contributed by atoms with Crippen molar-refractivity contribution in [1.29, 1.82) is 0 Å². The Kier molecular flexibility index (Phi) is 6.84. The molecule has 0 spiro atoms. The fourth-order valence-corrected chi connectivity index (χ4v) is 4.03. The first-order valence-corrected chi connectivity index (χ1v) is 10.9. The highest BCUT2D eigenvalue weighted by molar-refractivity contribution is 6.32. The summed E-state index contributed by atoms with van der Waals surface area (Å²) in [6, 6.07) is 11.2. The summed E-state index contributed by atoms with van der Waals surface area (Å²) >= 11 is 5.87. The van der Waals surface area contributed by atoms with E-state index >= 15 is 0 Å². The molecule has 3 aromatic rings. The standard InChI is InChI=1S/C24H18ClN3O8/c1-35-24(32)14-4-7-16(8-5-14)27-21(29)12-20(23(27)31)26(13-17-3-2-10-36-17)22(30)15-6-9-18(25)19(11-15)28(33)34/h2-11,20H,12-13H2,1H3. The zero-order valence-corrected chi connectivity index (χ0v) is 19.5. The third-order valence-electron chi connectivity index (χ3n) is 5.60. The molecule has 1 unspecified atom stereocenters. The van der Waals surface area contributed by atoms with Crippen molar-refractivity contribution in [1.82, 2.24) is 4.90 Å². The summed E-state index contributed by atoms with van der Waals surface area (Å²) in [4.78, 5) is 64.1. The topological polar surface area (TPSA) is 140 Å². The van der Waals surface area contributed by atoms with Crippen LogP contribution >= 0.6 is 11.6 Å². The third-order valence-corrected chi connectivity index (χ3v) is 5.92. The monoisotopic (exact) mass is 511 g/mol. The molecule has 1 aliphatic rings. The molecule has 0 N–H and O–H groups in total. The van der Waals surface area contributed by atoms with Gasteiger partial charge in [0, 0.05) is 11.6 Å². The molecule has 11 nitrogen and oxygen atoms in total. The van der Waals surface area contributed by atoms with E-state index in [1.165, 1.54) is 49.8 Å². The Morgan fingerprint density at radius 1 is 1.17 bits per heavy atom. The van der Waals surface area contributed by atoms with Crippen molar-refractivity contribution in [2.75, 3.05) is 12.0 Å². The minimum absolute atomic E-state index is 0.0845. The number of carbonyl (C=O) groups excluding carboxylic acids is 4. The molecular formula is C24H18ClN3O8. The first kappa shape index (κ1) is 24.6. The van der Waals surface area contributed by atoms with Crippen molar-refractivity contribution >= 4 is 46.7 Å². The quantitative estimate of drug-likeness (QED) is 0.203. The number of hydrogen-bond donors (Lipinski definition) is 0. The number of amides is 3. The van der Waals surface area contributed by atoms with E-state index in [1.54, 1.807) is 12.1 Å². The maximum atomic E-state index is 13.5. The van der Waals surface area contributed by atoms with Gasteiger partial charge in [-0.25, -0.2) is 9.69 Å². The van der Waals surface area contributed by atoms with Crippen LogP contribution in [-0.4, -0.2) is 46.7 Å². The van der Waals surface area contributed by atoms with Gasteiger partial charge in [0.1, 0.15) is 16.8 Å². The molecule has 1 aliphatic heterocycles. The summed E-state index contributed by atoms with van der Waals surface area (Å²) in [5.74, 6) is -2.19. The fourth-order valence-electron chi connectivity index (χ4n) is 3.84. The molecule has 0 aliphatic carbocycles. The van der Waals surface area contributed by atoms with Gasteiger partial charge in [0.2, 0.25) is 5.91 Å². The van der Waals surface area contributed by atoms with Gasteiger partial charge in [0.05, 0.1) is 42.5 Å². The van der Waals surface area contributed by atoms with Crippen molar-refractivity contribution in [2.24, 2.45) is 0 Å². The summed E-state index contributed by atoms with van der Waals surface area (Å²) in [6.45, 7) is -0.166. The first-order valence-electron chi connectivity index (χ1n) is 10.5. The van der Waals surface area contributed by atoms with Gasteiger partial charge in [-0.1, -0.05) is 11.6 Å². The van der Waals surface area contributed by atoms with Gasteiger partial charge in [-0.05, 0) is 48.5 Å². The number of ether oxygens (including phenoxy) is 1.